The highest BCUT2D eigenvalue weighted by atomic mass is 35.5. The van der Waals surface area contributed by atoms with E-state index in [4.69, 9.17) is 23.2 Å². The van der Waals surface area contributed by atoms with Crippen molar-refractivity contribution in [3.8, 4) is 0 Å². The zero-order valence-electron chi connectivity index (χ0n) is 14.0. The predicted octanol–water partition coefficient (Wildman–Crippen LogP) is 5.34. The van der Waals surface area contributed by atoms with Gasteiger partial charge in [0.05, 0.1) is 16.3 Å². The van der Waals surface area contributed by atoms with Crippen LogP contribution < -0.4 is 10.6 Å². The fraction of sp³-hybridized carbons (Fsp3) is 0.105. The van der Waals surface area contributed by atoms with Gasteiger partial charge in [-0.2, -0.15) is 0 Å². The SMILES string of the molecule is CCc1ccc(Nc2ncc(C(=O)Nc3cc(Cl)ccc3Cl)cn2)cc1. The topological polar surface area (TPSA) is 66.9 Å². The van der Waals surface area contributed by atoms with Crippen LogP contribution in [0.15, 0.2) is 54.9 Å². The van der Waals surface area contributed by atoms with Gasteiger partial charge in [-0.05, 0) is 42.3 Å². The number of halogens is 2. The summed E-state index contributed by atoms with van der Waals surface area (Å²) in [5, 5.41) is 6.67. The quantitative estimate of drug-likeness (QED) is 0.620. The van der Waals surface area contributed by atoms with E-state index in [0.29, 0.717) is 27.2 Å². The van der Waals surface area contributed by atoms with Gasteiger partial charge in [0, 0.05) is 23.1 Å². The molecule has 132 valence electrons. The second kappa shape index (κ2) is 8.17. The second-order valence-electron chi connectivity index (χ2n) is 5.55. The summed E-state index contributed by atoms with van der Waals surface area (Å²) < 4.78 is 0. The minimum absolute atomic E-state index is 0.313. The van der Waals surface area contributed by atoms with Gasteiger partial charge in [0.25, 0.3) is 5.91 Å². The Morgan fingerprint density at radius 3 is 2.38 bits per heavy atom. The molecule has 0 bridgehead atoms. The molecule has 7 heteroatoms. The van der Waals surface area contributed by atoms with Crippen LogP contribution in [-0.2, 0) is 6.42 Å². The Balaban J connectivity index is 1.68. The molecule has 0 radical (unpaired) electrons. The average molecular weight is 387 g/mol. The minimum Gasteiger partial charge on any atom is -0.324 e. The molecule has 0 spiro atoms. The van der Waals surface area contributed by atoms with Gasteiger partial charge in [-0.15, -0.1) is 0 Å². The van der Waals surface area contributed by atoms with Crippen LogP contribution in [0.3, 0.4) is 0 Å². The number of rotatable bonds is 5. The largest absolute Gasteiger partial charge is 0.324 e. The zero-order chi connectivity index (χ0) is 18.5. The molecular weight excluding hydrogens is 371 g/mol. The third-order valence-electron chi connectivity index (χ3n) is 3.71. The monoisotopic (exact) mass is 386 g/mol. The van der Waals surface area contributed by atoms with Gasteiger partial charge in [0.15, 0.2) is 0 Å². The molecule has 2 aromatic carbocycles. The second-order valence-corrected chi connectivity index (χ2v) is 6.39. The number of anilines is 3. The van der Waals surface area contributed by atoms with Crippen LogP contribution >= 0.6 is 23.2 Å². The Morgan fingerprint density at radius 2 is 1.73 bits per heavy atom. The number of carbonyl (C=O) groups excluding carboxylic acids is 1. The Morgan fingerprint density at radius 1 is 1.04 bits per heavy atom. The lowest BCUT2D eigenvalue weighted by molar-refractivity contribution is 0.102. The van der Waals surface area contributed by atoms with Crippen molar-refractivity contribution < 1.29 is 4.79 Å². The maximum absolute atomic E-state index is 12.3. The maximum atomic E-state index is 12.3. The molecule has 1 heterocycles. The van der Waals surface area contributed by atoms with E-state index in [1.807, 2.05) is 24.3 Å². The molecule has 3 aromatic rings. The Hall–Kier alpha value is -2.63. The lowest BCUT2D eigenvalue weighted by Crippen LogP contribution is -2.13. The molecule has 0 atom stereocenters. The number of amides is 1. The number of nitrogens with zero attached hydrogens (tertiary/aromatic N) is 2. The smallest absolute Gasteiger partial charge is 0.258 e. The summed E-state index contributed by atoms with van der Waals surface area (Å²) >= 11 is 12.0. The molecule has 0 aliphatic heterocycles. The summed E-state index contributed by atoms with van der Waals surface area (Å²) in [6.07, 6.45) is 3.88. The molecule has 1 aromatic heterocycles. The molecule has 2 N–H and O–H groups in total. The first-order chi connectivity index (χ1) is 12.5. The van der Waals surface area contributed by atoms with Crippen LogP contribution in [0.5, 0.6) is 0 Å². The van der Waals surface area contributed by atoms with Crippen molar-refractivity contribution in [3.05, 3.63) is 76.0 Å². The van der Waals surface area contributed by atoms with Crippen molar-refractivity contribution in [1.29, 1.82) is 0 Å². The van der Waals surface area contributed by atoms with E-state index >= 15 is 0 Å². The van der Waals surface area contributed by atoms with Crippen LogP contribution in [0.4, 0.5) is 17.3 Å². The summed E-state index contributed by atoms with van der Waals surface area (Å²) in [6.45, 7) is 2.10. The van der Waals surface area contributed by atoms with Crippen LogP contribution in [0.1, 0.15) is 22.8 Å². The van der Waals surface area contributed by atoms with Crippen LogP contribution in [0.2, 0.25) is 10.0 Å². The standard InChI is InChI=1S/C19H16Cl2N4O/c1-2-12-3-6-15(7-4-12)24-19-22-10-13(11-23-19)18(26)25-17-9-14(20)5-8-16(17)21/h3-11H,2H2,1H3,(H,25,26)(H,22,23,24). The molecular formula is C19H16Cl2N4O. The molecule has 26 heavy (non-hydrogen) atoms. The molecule has 0 saturated heterocycles. The number of aryl methyl sites for hydroxylation is 1. The third-order valence-corrected chi connectivity index (χ3v) is 4.27. The highest BCUT2D eigenvalue weighted by molar-refractivity contribution is 6.35. The number of hydrogen-bond donors (Lipinski definition) is 2. The van der Waals surface area contributed by atoms with Crippen LogP contribution in [0.25, 0.3) is 0 Å². The average Bonchev–Trinajstić information content (AvgIpc) is 2.66. The van der Waals surface area contributed by atoms with Gasteiger partial charge in [0.1, 0.15) is 0 Å². The first kappa shape index (κ1) is 18.2. The minimum atomic E-state index is -0.368. The lowest BCUT2D eigenvalue weighted by atomic mass is 10.1. The Kier molecular flexibility index (Phi) is 5.71. The highest BCUT2D eigenvalue weighted by Gasteiger charge is 2.10. The number of benzene rings is 2. The maximum Gasteiger partial charge on any atom is 0.258 e. The summed E-state index contributed by atoms with van der Waals surface area (Å²) in [5.74, 6) is 0.0413. The van der Waals surface area contributed by atoms with Crippen molar-refractivity contribution in [2.75, 3.05) is 10.6 Å². The normalized spacial score (nSPS) is 10.4. The summed E-state index contributed by atoms with van der Waals surface area (Å²) in [4.78, 5) is 20.7. The molecule has 1 amide bonds. The van der Waals surface area contributed by atoms with E-state index in [1.54, 1.807) is 18.2 Å². The van der Waals surface area contributed by atoms with Gasteiger partial charge < -0.3 is 10.6 Å². The highest BCUT2D eigenvalue weighted by Crippen LogP contribution is 2.25. The van der Waals surface area contributed by atoms with Gasteiger partial charge in [-0.3, -0.25) is 4.79 Å². The molecule has 0 aliphatic rings. The van der Waals surface area contributed by atoms with Crippen LogP contribution in [0, 0.1) is 0 Å². The van der Waals surface area contributed by atoms with Crippen LogP contribution in [-0.4, -0.2) is 15.9 Å². The van der Waals surface area contributed by atoms with Crippen molar-refractivity contribution >= 4 is 46.4 Å². The summed E-state index contributed by atoms with van der Waals surface area (Å²) in [5.41, 5.74) is 2.88. The van der Waals surface area contributed by atoms with Crippen molar-refractivity contribution in [2.45, 2.75) is 13.3 Å². The molecule has 5 nitrogen and oxygen atoms in total. The summed E-state index contributed by atoms with van der Waals surface area (Å²) in [6, 6.07) is 12.9. The number of hydrogen-bond acceptors (Lipinski definition) is 4. The first-order valence-electron chi connectivity index (χ1n) is 7.99. The van der Waals surface area contributed by atoms with Crippen molar-refractivity contribution in [2.24, 2.45) is 0 Å². The lowest BCUT2D eigenvalue weighted by Gasteiger charge is -2.08. The Labute approximate surface area is 161 Å². The van der Waals surface area contributed by atoms with E-state index < -0.39 is 0 Å². The summed E-state index contributed by atoms with van der Waals surface area (Å²) in [7, 11) is 0. The molecule has 0 aliphatic carbocycles. The molecule has 3 rings (SSSR count). The fourth-order valence-electron chi connectivity index (χ4n) is 2.25. The van der Waals surface area contributed by atoms with Gasteiger partial charge in [-0.25, -0.2) is 9.97 Å². The molecule has 0 fully saturated rings. The van der Waals surface area contributed by atoms with E-state index in [2.05, 4.69) is 27.5 Å². The van der Waals surface area contributed by atoms with Crippen molar-refractivity contribution in [3.63, 3.8) is 0 Å². The van der Waals surface area contributed by atoms with Gasteiger partial charge >= 0.3 is 0 Å². The van der Waals surface area contributed by atoms with E-state index in [0.717, 1.165) is 12.1 Å². The fourth-order valence-corrected chi connectivity index (χ4v) is 2.59. The zero-order valence-corrected chi connectivity index (χ0v) is 15.5. The molecule has 0 unspecified atom stereocenters. The molecule has 0 saturated carbocycles. The van der Waals surface area contributed by atoms with E-state index in [1.165, 1.54) is 18.0 Å². The third kappa shape index (κ3) is 4.50. The van der Waals surface area contributed by atoms with E-state index in [9.17, 15) is 4.79 Å². The Bertz CT molecular complexity index is 912. The first-order valence-corrected chi connectivity index (χ1v) is 8.75. The number of nitrogens with one attached hydrogen (secondary N) is 2. The van der Waals surface area contributed by atoms with E-state index in [-0.39, 0.29) is 5.91 Å². The predicted molar refractivity (Wildman–Crippen MR) is 106 cm³/mol. The number of aromatic nitrogens is 2. The number of carbonyl (C=O) groups is 1. The van der Waals surface area contributed by atoms with Gasteiger partial charge in [0.2, 0.25) is 5.95 Å². The van der Waals surface area contributed by atoms with Crippen molar-refractivity contribution in [1.82, 2.24) is 9.97 Å². The van der Waals surface area contributed by atoms with Gasteiger partial charge in [-0.1, -0.05) is 42.3 Å².